The number of likely N-dealkylation sites (tertiary alicyclic amines) is 1. The molecule has 0 radical (unpaired) electrons. The number of piperidine rings is 1. The largest absolute Gasteiger partial charge is 0.369 e. The molecule has 2 fully saturated rings. The third-order valence-corrected chi connectivity index (χ3v) is 5.65. The molecule has 0 unspecified atom stereocenters. The van der Waals surface area contributed by atoms with E-state index in [9.17, 15) is 13.6 Å². The molecule has 2 aliphatic heterocycles. The summed E-state index contributed by atoms with van der Waals surface area (Å²) in [5.74, 6) is -0.562. The number of halogens is 2. The highest BCUT2D eigenvalue weighted by atomic mass is 19.2. The smallest absolute Gasteiger partial charge is 0.160 e. The van der Waals surface area contributed by atoms with Crippen LogP contribution in [0.4, 0.5) is 14.5 Å². The van der Waals surface area contributed by atoms with E-state index < -0.39 is 11.6 Å². The summed E-state index contributed by atoms with van der Waals surface area (Å²) in [5, 5.41) is 0. The van der Waals surface area contributed by atoms with Crippen molar-refractivity contribution in [1.29, 1.82) is 0 Å². The second kappa shape index (κ2) is 8.91. The fourth-order valence-electron chi connectivity index (χ4n) is 4.02. The van der Waals surface area contributed by atoms with E-state index in [0.717, 1.165) is 57.4 Å². The fourth-order valence-corrected chi connectivity index (χ4v) is 4.02. The molecule has 0 amide bonds. The molecule has 1 aromatic carbocycles. The first kappa shape index (κ1) is 19.2. The molecule has 1 aromatic rings. The van der Waals surface area contributed by atoms with Crippen LogP contribution in [0.2, 0.25) is 0 Å². The molecule has 0 saturated carbocycles. The number of piperazine rings is 1. The van der Waals surface area contributed by atoms with Gasteiger partial charge in [0.25, 0.3) is 0 Å². The van der Waals surface area contributed by atoms with Gasteiger partial charge in [0.05, 0.1) is 6.54 Å². The normalized spacial score (nSPS) is 20.5. The Kier molecular flexibility index (Phi) is 6.59. The second-order valence-corrected chi connectivity index (χ2v) is 7.64. The van der Waals surface area contributed by atoms with E-state index in [1.54, 1.807) is 13.0 Å². The maximum Gasteiger partial charge on any atom is 0.160 e. The Morgan fingerprint density at radius 1 is 1.00 bits per heavy atom. The van der Waals surface area contributed by atoms with Crippen molar-refractivity contribution >= 4 is 11.5 Å². The van der Waals surface area contributed by atoms with E-state index >= 15 is 0 Å². The predicted molar refractivity (Wildman–Crippen MR) is 99.5 cm³/mol. The Morgan fingerprint density at radius 2 is 1.69 bits per heavy atom. The first-order chi connectivity index (χ1) is 12.5. The highest BCUT2D eigenvalue weighted by Gasteiger charge is 2.22. The lowest BCUT2D eigenvalue weighted by atomic mass is 9.93. The van der Waals surface area contributed by atoms with Crippen LogP contribution in [-0.2, 0) is 4.79 Å². The minimum absolute atomic E-state index is 0.252. The van der Waals surface area contributed by atoms with Crippen LogP contribution in [0.3, 0.4) is 0 Å². The average molecular weight is 365 g/mol. The SMILES string of the molecule is CC(=O)CN1CCC(CCN2CCN(c3ccc(F)c(F)c3)CC2)CC1. The lowest BCUT2D eigenvalue weighted by Gasteiger charge is -2.37. The molecule has 0 aromatic heterocycles. The summed E-state index contributed by atoms with van der Waals surface area (Å²) in [5.41, 5.74) is 0.765. The van der Waals surface area contributed by atoms with Crippen molar-refractivity contribution < 1.29 is 13.6 Å². The minimum Gasteiger partial charge on any atom is -0.369 e. The molecule has 0 aliphatic carbocycles. The van der Waals surface area contributed by atoms with Crippen molar-refractivity contribution in [3.63, 3.8) is 0 Å². The van der Waals surface area contributed by atoms with Crippen molar-refractivity contribution in [3.8, 4) is 0 Å². The average Bonchev–Trinajstić information content (AvgIpc) is 2.63. The number of rotatable bonds is 6. The Labute approximate surface area is 154 Å². The third-order valence-electron chi connectivity index (χ3n) is 5.65. The van der Waals surface area contributed by atoms with Crippen LogP contribution in [0, 0.1) is 17.6 Å². The zero-order valence-corrected chi connectivity index (χ0v) is 15.6. The predicted octanol–water partition coefficient (Wildman–Crippen LogP) is 2.78. The van der Waals surface area contributed by atoms with Crippen LogP contribution in [0.15, 0.2) is 18.2 Å². The van der Waals surface area contributed by atoms with Crippen molar-refractivity contribution in [1.82, 2.24) is 9.80 Å². The summed E-state index contributed by atoms with van der Waals surface area (Å²) >= 11 is 0. The second-order valence-electron chi connectivity index (χ2n) is 7.64. The molecule has 2 saturated heterocycles. The number of ketones is 1. The number of carbonyl (C=O) groups excluding carboxylic acids is 1. The molecule has 0 N–H and O–H groups in total. The van der Waals surface area contributed by atoms with Gasteiger partial charge >= 0.3 is 0 Å². The molecule has 2 heterocycles. The number of benzene rings is 1. The maximum absolute atomic E-state index is 13.4. The van der Waals surface area contributed by atoms with E-state index in [0.29, 0.717) is 6.54 Å². The number of Topliss-reactive ketones (excluding diaryl/α,β-unsaturated/α-hetero) is 1. The molecule has 3 rings (SSSR count). The lowest BCUT2D eigenvalue weighted by Crippen LogP contribution is -2.47. The molecule has 26 heavy (non-hydrogen) atoms. The van der Waals surface area contributed by atoms with E-state index in [4.69, 9.17) is 0 Å². The topological polar surface area (TPSA) is 26.8 Å². The minimum atomic E-state index is -0.790. The van der Waals surface area contributed by atoms with E-state index in [1.807, 2.05) is 0 Å². The summed E-state index contributed by atoms with van der Waals surface area (Å²) in [4.78, 5) is 18.1. The number of hydrogen-bond donors (Lipinski definition) is 0. The first-order valence-electron chi connectivity index (χ1n) is 9.65. The molecule has 144 valence electrons. The quantitative estimate of drug-likeness (QED) is 0.775. The van der Waals surface area contributed by atoms with Gasteiger partial charge in [0.1, 0.15) is 5.78 Å². The summed E-state index contributed by atoms with van der Waals surface area (Å²) in [6, 6.07) is 4.15. The van der Waals surface area contributed by atoms with Gasteiger partial charge in [-0.2, -0.15) is 0 Å². The molecule has 4 nitrogen and oxygen atoms in total. The number of nitrogens with zero attached hydrogens (tertiary/aromatic N) is 3. The third kappa shape index (κ3) is 5.24. The fraction of sp³-hybridized carbons (Fsp3) is 0.650. The zero-order chi connectivity index (χ0) is 18.5. The Morgan fingerprint density at radius 3 is 2.31 bits per heavy atom. The van der Waals surface area contributed by atoms with E-state index in [2.05, 4.69) is 14.7 Å². The summed E-state index contributed by atoms with van der Waals surface area (Å²) in [7, 11) is 0. The van der Waals surface area contributed by atoms with Gasteiger partial charge < -0.3 is 4.90 Å². The Hall–Kier alpha value is -1.53. The van der Waals surface area contributed by atoms with Gasteiger partial charge in [-0.1, -0.05) is 0 Å². The van der Waals surface area contributed by atoms with Crippen LogP contribution in [0.25, 0.3) is 0 Å². The molecule has 0 spiro atoms. The van der Waals surface area contributed by atoms with Crippen molar-refractivity contribution in [2.75, 3.05) is 57.3 Å². The van der Waals surface area contributed by atoms with E-state index in [1.165, 1.54) is 31.4 Å². The van der Waals surface area contributed by atoms with Crippen molar-refractivity contribution in [2.24, 2.45) is 5.92 Å². The maximum atomic E-state index is 13.4. The number of carbonyl (C=O) groups is 1. The Balaban J connectivity index is 1.37. The highest BCUT2D eigenvalue weighted by molar-refractivity contribution is 5.77. The number of hydrogen-bond acceptors (Lipinski definition) is 4. The molecular formula is C20H29F2N3O. The number of anilines is 1. The van der Waals surface area contributed by atoms with E-state index in [-0.39, 0.29) is 5.78 Å². The van der Waals surface area contributed by atoms with Gasteiger partial charge in [-0.15, -0.1) is 0 Å². The highest BCUT2D eigenvalue weighted by Crippen LogP contribution is 2.22. The monoisotopic (exact) mass is 365 g/mol. The molecule has 0 atom stereocenters. The zero-order valence-electron chi connectivity index (χ0n) is 15.6. The summed E-state index contributed by atoms with van der Waals surface area (Å²) in [6.45, 7) is 9.05. The first-order valence-corrected chi connectivity index (χ1v) is 9.65. The van der Waals surface area contributed by atoms with Crippen LogP contribution in [0.1, 0.15) is 26.2 Å². The molecule has 6 heteroatoms. The van der Waals surface area contributed by atoms with Gasteiger partial charge in [0.15, 0.2) is 11.6 Å². The Bertz CT molecular complexity index is 609. The van der Waals surface area contributed by atoms with Crippen LogP contribution < -0.4 is 4.90 Å². The van der Waals surface area contributed by atoms with Gasteiger partial charge in [0.2, 0.25) is 0 Å². The van der Waals surface area contributed by atoms with Crippen molar-refractivity contribution in [3.05, 3.63) is 29.8 Å². The van der Waals surface area contributed by atoms with Gasteiger partial charge in [0, 0.05) is 37.9 Å². The molecular weight excluding hydrogens is 336 g/mol. The summed E-state index contributed by atoms with van der Waals surface area (Å²) < 4.78 is 26.5. The molecule has 0 bridgehead atoms. The van der Waals surface area contributed by atoms with Crippen LogP contribution in [-0.4, -0.2) is 67.9 Å². The van der Waals surface area contributed by atoms with Crippen LogP contribution in [0.5, 0.6) is 0 Å². The standard InChI is InChI=1S/C20H29F2N3O/c1-16(26)15-24-8-5-17(6-9-24)4-7-23-10-12-25(13-11-23)18-2-3-19(21)20(22)14-18/h2-3,14,17H,4-13,15H2,1H3. The van der Waals surface area contributed by atoms with Crippen molar-refractivity contribution in [2.45, 2.75) is 26.2 Å². The van der Waals surface area contributed by atoms with Gasteiger partial charge in [-0.05, 0) is 63.9 Å². The van der Waals surface area contributed by atoms with Crippen LogP contribution >= 0.6 is 0 Å². The van der Waals surface area contributed by atoms with Gasteiger partial charge in [-0.3, -0.25) is 14.6 Å². The van der Waals surface area contributed by atoms with Gasteiger partial charge in [-0.25, -0.2) is 8.78 Å². The molecule has 2 aliphatic rings. The summed E-state index contributed by atoms with van der Waals surface area (Å²) in [6.07, 6.45) is 3.57. The lowest BCUT2D eigenvalue weighted by molar-refractivity contribution is -0.118.